The fourth-order valence-corrected chi connectivity index (χ4v) is 4.21. The molecule has 2 saturated heterocycles. The Kier molecular flexibility index (Phi) is 3.52. The number of benzene rings is 1. The molecule has 1 atom stereocenters. The molecule has 4 aliphatic rings. The number of nitrogens with zero attached hydrogens (tertiary/aromatic N) is 2. The predicted molar refractivity (Wildman–Crippen MR) is 94.6 cm³/mol. The average Bonchev–Trinajstić information content (AvgIpc) is 3.27. The summed E-state index contributed by atoms with van der Waals surface area (Å²) < 4.78 is 11.2. The van der Waals surface area contributed by atoms with Crippen molar-refractivity contribution >= 4 is 17.6 Å². The molecule has 7 nitrogen and oxygen atoms in total. The molecule has 26 heavy (non-hydrogen) atoms. The number of nitrogens with one attached hydrogen (secondary N) is 1. The van der Waals surface area contributed by atoms with Crippen LogP contribution in [0.2, 0.25) is 0 Å². The van der Waals surface area contributed by atoms with Crippen molar-refractivity contribution in [2.45, 2.75) is 31.7 Å². The van der Waals surface area contributed by atoms with Gasteiger partial charge in [0.2, 0.25) is 5.91 Å². The zero-order valence-electron chi connectivity index (χ0n) is 14.7. The zero-order valence-corrected chi connectivity index (χ0v) is 14.7. The first-order chi connectivity index (χ1) is 12.6. The monoisotopic (exact) mass is 357 g/mol. The number of hydrogen-bond acceptors (Lipinski definition) is 4. The Bertz CT molecular complexity index is 763. The standard InChI is InChI=1S/C19H23N3O4/c23-17-10-19(5-6-21(11-19)18(24)20-13-1-2-13)12-22(17)14-3-4-15-16(9-14)26-8-7-25-15/h3-4,9,13H,1-2,5-8,10-12H2,(H,20,24). The van der Waals surface area contributed by atoms with E-state index in [9.17, 15) is 9.59 Å². The molecule has 3 amide bonds. The molecule has 1 N–H and O–H groups in total. The van der Waals surface area contributed by atoms with Crippen LogP contribution >= 0.6 is 0 Å². The van der Waals surface area contributed by atoms with Gasteiger partial charge in [0, 0.05) is 49.3 Å². The van der Waals surface area contributed by atoms with Crippen LogP contribution in [0.1, 0.15) is 25.7 Å². The number of carbonyl (C=O) groups is 2. The number of carbonyl (C=O) groups excluding carboxylic acids is 2. The van der Waals surface area contributed by atoms with Gasteiger partial charge >= 0.3 is 6.03 Å². The Morgan fingerprint density at radius 2 is 1.96 bits per heavy atom. The second kappa shape index (κ2) is 5.79. The van der Waals surface area contributed by atoms with Crippen LogP contribution in [-0.2, 0) is 4.79 Å². The van der Waals surface area contributed by atoms with E-state index in [1.807, 2.05) is 28.0 Å². The minimum atomic E-state index is -0.134. The third-order valence-corrected chi connectivity index (χ3v) is 5.79. The number of ether oxygens (including phenoxy) is 2. The van der Waals surface area contributed by atoms with Crippen molar-refractivity contribution in [1.82, 2.24) is 10.2 Å². The van der Waals surface area contributed by atoms with E-state index in [1.165, 1.54) is 0 Å². The number of likely N-dealkylation sites (tertiary alicyclic amines) is 1. The number of hydrogen-bond donors (Lipinski definition) is 1. The van der Waals surface area contributed by atoms with E-state index in [4.69, 9.17) is 9.47 Å². The van der Waals surface area contributed by atoms with Crippen molar-refractivity contribution in [3.05, 3.63) is 18.2 Å². The van der Waals surface area contributed by atoms with Crippen molar-refractivity contribution in [3.63, 3.8) is 0 Å². The number of urea groups is 1. The van der Waals surface area contributed by atoms with Gasteiger partial charge < -0.3 is 24.6 Å². The summed E-state index contributed by atoms with van der Waals surface area (Å²) in [6.45, 7) is 3.11. The average molecular weight is 357 g/mol. The molecular weight excluding hydrogens is 334 g/mol. The first-order valence-corrected chi connectivity index (χ1v) is 9.37. The van der Waals surface area contributed by atoms with Gasteiger partial charge in [-0.2, -0.15) is 0 Å². The summed E-state index contributed by atoms with van der Waals surface area (Å²) in [4.78, 5) is 28.7. The molecule has 7 heteroatoms. The van der Waals surface area contributed by atoms with E-state index in [2.05, 4.69) is 5.32 Å². The second-order valence-corrected chi connectivity index (χ2v) is 7.88. The Balaban J connectivity index is 1.30. The SMILES string of the molecule is O=C(NC1CC1)N1CCC2(CC(=O)N(c3ccc4c(c3)OCCO4)C2)C1. The summed E-state index contributed by atoms with van der Waals surface area (Å²) in [5.74, 6) is 1.54. The van der Waals surface area contributed by atoms with E-state index in [0.29, 0.717) is 44.5 Å². The Hall–Kier alpha value is -2.44. The fourth-order valence-electron chi connectivity index (χ4n) is 4.21. The van der Waals surface area contributed by atoms with E-state index < -0.39 is 0 Å². The van der Waals surface area contributed by atoms with Crippen molar-refractivity contribution in [1.29, 1.82) is 0 Å². The number of amides is 3. The first-order valence-electron chi connectivity index (χ1n) is 9.37. The zero-order chi connectivity index (χ0) is 17.7. The van der Waals surface area contributed by atoms with Crippen molar-refractivity contribution in [3.8, 4) is 11.5 Å². The Morgan fingerprint density at radius 3 is 2.77 bits per heavy atom. The van der Waals surface area contributed by atoms with Gasteiger partial charge in [0.05, 0.1) is 0 Å². The lowest BCUT2D eigenvalue weighted by Gasteiger charge is -2.25. The molecule has 0 aromatic heterocycles. The van der Waals surface area contributed by atoms with Gasteiger partial charge in [-0.3, -0.25) is 4.79 Å². The minimum absolute atomic E-state index is 0.0228. The maximum absolute atomic E-state index is 12.7. The predicted octanol–water partition coefficient (Wildman–Crippen LogP) is 1.76. The first kappa shape index (κ1) is 15.8. The molecule has 1 aromatic rings. The highest BCUT2D eigenvalue weighted by atomic mass is 16.6. The highest BCUT2D eigenvalue weighted by Gasteiger charge is 2.49. The van der Waals surface area contributed by atoms with E-state index in [1.54, 1.807) is 0 Å². The summed E-state index contributed by atoms with van der Waals surface area (Å²) in [5, 5.41) is 3.05. The summed E-state index contributed by atoms with van der Waals surface area (Å²) in [6.07, 6.45) is 3.54. The minimum Gasteiger partial charge on any atom is -0.486 e. The van der Waals surface area contributed by atoms with Crippen LogP contribution in [0.4, 0.5) is 10.5 Å². The third-order valence-electron chi connectivity index (χ3n) is 5.79. The molecule has 1 saturated carbocycles. The van der Waals surface area contributed by atoms with Gasteiger partial charge in [-0.05, 0) is 31.4 Å². The van der Waals surface area contributed by atoms with Crippen molar-refractivity contribution in [2.24, 2.45) is 5.41 Å². The summed E-state index contributed by atoms with van der Waals surface area (Å²) in [5.41, 5.74) is 0.711. The van der Waals surface area contributed by atoms with Gasteiger partial charge in [-0.1, -0.05) is 0 Å². The summed E-state index contributed by atoms with van der Waals surface area (Å²) >= 11 is 0. The molecule has 3 fully saturated rings. The largest absolute Gasteiger partial charge is 0.486 e. The lowest BCUT2D eigenvalue weighted by Crippen LogP contribution is -2.41. The van der Waals surface area contributed by atoms with Crippen LogP contribution in [0.3, 0.4) is 0 Å². The molecule has 1 unspecified atom stereocenters. The topological polar surface area (TPSA) is 71.1 Å². The quantitative estimate of drug-likeness (QED) is 0.876. The Morgan fingerprint density at radius 1 is 1.15 bits per heavy atom. The molecule has 5 rings (SSSR count). The van der Waals surface area contributed by atoms with E-state index in [-0.39, 0.29) is 17.4 Å². The molecule has 1 aliphatic carbocycles. The highest BCUT2D eigenvalue weighted by molar-refractivity contribution is 5.97. The smallest absolute Gasteiger partial charge is 0.317 e. The Labute approximate surface area is 152 Å². The van der Waals surface area contributed by atoms with E-state index >= 15 is 0 Å². The second-order valence-electron chi connectivity index (χ2n) is 7.88. The van der Waals surface area contributed by atoms with Crippen LogP contribution in [0.25, 0.3) is 0 Å². The van der Waals surface area contributed by atoms with Gasteiger partial charge in [-0.25, -0.2) is 4.79 Å². The number of fused-ring (bicyclic) bond motifs is 1. The lowest BCUT2D eigenvalue weighted by molar-refractivity contribution is -0.117. The van der Waals surface area contributed by atoms with Crippen LogP contribution in [-0.4, -0.2) is 55.7 Å². The van der Waals surface area contributed by atoms with Gasteiger partial charge in [0.15, 0.2) is 11.5 Å². The molecule has 0 radical (unpaired) electrons. The lowest BCUT2D eigenvalue weighted by atomic mass is 9.86. The van der Waals surface area contributed by atoms with Crippen molar-refractivity contribution in [2.75, 3.05) is 37.7 Å². The van der Waals surface area contributed by atoms with Gasteiger partial charge in [-0.15, -0.1) is 0 Å². The molecule has 1 aromatic carbocycles. The number of anilines is 1. The van der Waals surface area contributed by atoms with Crippen LogP contribution in [0, 0.1) is 5.41 Å². The van der Waals surface area contributed by atoms with Gasteiger partial charge in [0.1, 0.15) is 13.2 Å². The highest BCUT2D eigenvalue weighted by Crippen LogP contribution is 2.43. The van der Waals surface area contributed by atoms with Crippen molar-refractivity contribution < 1.29 is 19.1 Å². The molecule has 3 heterocycles. The van der Waals surface area contributed by atoms with Crippen LogP contribution < -0.4 is 19.7 Å². The summed E-state index contributed by atoms with van der Waals surface area (Å²) in [7, 11) is 0. The molecular formula is C19H23N3O4. The molecule has 0 bridgehead atoms. The maximum atomic E-state index is 12.7. The van der Waals surface area contributed by atoms with E-state index in [0.717, 1.165) is 37.2 Å². The fraction of sp³-hybridized carbons (Fsp3) is 0.579. The molecule has 138 valence electrons. The van der Waals surface area contributed by atoms with Crippen LogP contribution in [0.5, 0.6) is 11.5 Å². The maximum Gasteiger partial charge on any atom is 0.317 e. The third kappa shape index (κ3) is 2.75. The van der Waals surface area contributed by atoms with Crippen LogP contribution in [0.15, 0.2) is 18.2 Å². The normalized spacial score (nSPS) is 27.3. The summed E-state index contributed by atoms with van der Waals surface area (Å²) in [6, 6.07) is 6.05. The van der Waals surface area contributed by atoms with Gasteiger partial charge in [0.25, 0.3) is 0 Å². The molecule has 3 aliphatic heterocycles. The molecule has 1 spiro atoms. The number of rotatable bonds is 2.